The van der Waals surface area contributed by atoms with Gasteiger partial charge in [0.05, 0.1) is 5.52 Å². The van der Waals surface area contributed by atoms with Gasteiger partial charge in [0.25, 0.3) is 0 Å². The van der Waals surface area contributed by atoms with Gasteiger partial charge in [-0.3, -0.25) is 4.79 Å². The molecule has 0 fully saturated rings. The molecule has 0 aliphatic carbocycles. The number of unbranched alkanes of at least 4 members (excludes halogenated alkanes) is 5. The van der Waals surface area contributed by atoms with Crippen LogP contribution < -0.4 is 0 Å². The van der Waals surface area contributed by atoms with Gasteiger partial charge in [0.1, 0.15) is 0 Å². The Balaban J connectivity index is 1.92. The van der Waals surface area contributed by atoms with Gasteiger partial charge in [-0.15, -0.1) is 0 Å². The normalized spacial score (nSPS) is 11.3. The maximum absolute atomic E-state index is 11.5. The van der Waals surface area contributed by atoms with E-state index in [1.165, 1.54) is 54.8 Å². The number of rotatable bonds is 8. The minimum Gasteiger partial charge on any atom is -0.340 e. The average molecular weight is 307 g/mol. The fourth-order valence-corrected chi connectivity index (χ4v) is 3.51. The van der Waals surface area contributed by atoms with E-state index in [0.29, 0.717) is 0 Å². The molecule has 3 aromatic rings. The van der Waals surface area contributed by atoms with Gasteiger partial charge in [0.15, 0.2) is 6.29 Å². The minimum atomic E-state index is 0.796. The quantitative estimate of drug-likeness (QED) is 0.371. The van der Waals surface area contributed by atoms with Gasteiger partial charge in [-0.1, -0.05) is 69.4 Å². The Morgan fingerprint density at radius 1 is 0.870 bits per heavy atom. The number of fused-ring (bicyclic) bond motifs is 3. The molecule has 0 saturated carbocycles. The van der Waals surface area contributed by atoms with E-state index in [-0.39, 0.29) is 0 Å². The van der Waals surface area contributed by atoms with Crippen molar-refractivity contribution >= 4 is 28.1 Å². The number of nitrogens with zero attached hydrogens (tertiary/aromatic N) is 1. The molecule has 0 spiro atoms. The lowest BCUT2D eigenvalue weighted by Gasteiger charge is -2.09. The second-order valence-corrected chi connectivity index (χ2v) is 6.30. The molecule has 0 N–H and O–H groups in total. The lowest BCUT2D eigenvalue weighted by molar-refractivity contribution is 0.112. The summed E-state index contributed by atoms with van der Waals surface area (Å²) in [7, 11) is 0. The van der Waals surface area contributed by atoms with Crippen molar-refractivity contribution in [2.24, 2.45) is 0 Å². The van der Waals surface area contributed by atoms with Crippen LogP contribution in [0.25, 0.3) is 21.8 Å². The molecule has 0 bridgehead atoms. The summed E-state index contributed by atoms with van der Waals surface area (Å²) in [5.74, 6) is 0. The molecule has 0 radical (unpaired) electrons. The molecular formula is C21H25NO. The van der Waals surface area contributed by atoms with Crippen LogP contribution >= 0.6 is 0 Å². The maximum Gasteiger partial charge on any atom is 0.152 e. The highest BCUT2D eigenvalue weighted by molar-refractivity contribution is 6.12. The molecule has 0 atom stereocenters. The Kier molecular flexibility index (Phi) is 5.12. The third kappa shape index (κ3) is 3.17. The Bertz CT molecular complexity index is 800. The molecule has 3 rings (SSSR count). The topological polar surface area (TPSA) is 22.0 Å². The Morgan fingerprint density at radius 3 is 2.43 bits per heavy atom. The van der Waals surface area contributed by atoms with E-state index < -0.39 is 0 Å². The van der Waals surface area contributed by atoms with Crippen LogP contribution in [0.2, 0.25) is 0 Å². The van der Waals surface area contributed by atoms with E-state index in [4.69, 9.17) is 0 Å². The van der Waals surface area contributed by atoms with Crippen molar-refractivity contribution in [3.05, 3.63) is 48.0 Å². The van der Waals surface area contributed by atoms with Crippen LogP contribution in [0.15, 0.2) is 42.5 Å². The first-order chi connectivity index (χ1) is 11.4. The zero-order valence-electron chi connectivity index (χ0n) is 13.9. The van der Waals surface area contributed by atoms with Crippen molar-refractivity contribution in [1.82, 2.24) is 4.57 Å². The first-order valence-corrected chi connectivity index (χ1v) is 8.82. The van der Waals surface area contributed by atoms with Crippen LogP contribution in [0, 0.1) is 0 Å². The highest BCUT2D eigenvalue weighted by Gasteiger charge is 2.12. The van der Waals surface area contributed by atoms with E-state index in [1.54, 1.807) is 0 Å². The molecule has 0 aliphatic heterocycles. The van der Waals surface area contributed by atoms with E-state index >= 15 is 0 Å². The predicted octanol–water partition coefficient (Wildman–Crippen LogP) is 5.97. The minimum absolute atomic E-state index is 0.796. The predicted molar refractivity (Wildman–Crippen MR) is 98.2 cm³/mol. The molecule has 2 nitrogen and oxygen atoms in total. The number of benzene rings is 2. The van der Waals surface area contributed by atoms with E-state index in [1.807, 2.05) is 12.1 Å². The summed E-state index contributed by atoms with van der Waals surface area (Å²) in [6, 6.07) is 14.5. The van der Waals surface area contributed by atoms with E-state index in [2.05, 4.69) is 41.8 Å². The second-order valence-electron chi connectivity index (χ2n) is 6.30. The second kappa shape index (κ2) is 7.45. The van der Waals surface area contributed by atoms with Crippen LogP contribution in [0.3, 0.4) is 0 Å². The monoisotopic (exact) mass is 307 g/mol. The molecule has 1 aromatic heterocycles. The lowest BCUT2D eigenvalue weighted by atomic mass is 10.1. The summed E-state index contributed by atoms with van der Waals surface area (Å²) in [6.45, 7) is 3.24. The standard InChI is InChI=1S/C21H25NO/c1-2-3-4-5-6-9-15-22-20-14-8-7-12-18(20)19-13-10-11-17(16-23)21(19)22/h7-8,10-14,16H,2-6,9,15H2,1H3. The molecule has 2 aromatic carbocycles. The van der Waals surface area contributed by atoms with Crippen molar-refractivity contribution in [3.8, 4) is 0 Å². The van der Waals surface area contributed by atoms with Crippen molar-refractivity contribution in [1.29, 1.82) is 0 Å². The van der Waals surface area contributed by atoms with Crippen molar-refractivity contribution in [2.75, 3.05) is 0 Å². The Morgan fingerprint density at radius 2 is 1.61 bits per heavy atom. The van der Waals surface area contributed by atoms with Crippen LogP contribution in [0.1, 0.15) is 55.8 Å². The largest absolute Gasteiger partial charge is 0.340 e. The smallest absolute Gasteiger partial charge is 0.152 e. The first kappa shape index (κ1) is 15.8. The maximum atomic E-state index is 11.5. The Labute approximate surface area is 138 Å². The number of para-hydroxylation sites is 2. The first-order valence-electron chi connectivity index (χ1n) is 8.82. The number of hydrogen-bond donors (Lipinski definition) is 0. The number of carbonyl (C=O) groups is 1. The van der Waals surface area contributed by atoms with Gasteiger partial charge in [0.2, 0.25) is 0 Å². The number of aromatic nitrogens is 1. The van der Waals surface area contributed by atoms with Gasteiger partial charge < -0.3 is 4.57 Å². The van der Waals surface area contributed by atoms with Gasteiger partial charge in [-0.25, -0.2) is 0 Å². The fourth-order valence-electron chi connectivity index (χ4n) is 3.51. The van der Waals surface area contributed by atoms with Crippen LogP contribution in [0.4, 0.5) is 0 Å². The van der Waals surface area contributed by atoms with Crippen LogP contribution in [0.5, 0.6) is 0 Å². The lowest BCUT2D eigenvalue weighted by Crippen LogP contribution is -2.00. The zero-order valence-corrected chi connectivity index (χ0v) is 13.9. The van der Waals surface area contributed by atoms with Crippen molar-refractivity contribution in [3.63, 3.8) is 0 Å². The highest BCUT2D eigenvalue weighted by Crippen LogP contribution is 2.31. The number of aryl methyl sites for hydroxylation is 1. The SMILES string of the molecule is CCCCCCCCn1c2ccccc2c2cccc(C=O)c21. The average Bonchev–Trinajstić information content (AvgIpc) is 2.92. The molecular weight excluding hydrogens is 282 g/mol. The van der Waals surface area contributed by atoms with Gasteiger partial charge in [-0.2, -0.15) is 0 Å². The summed E-state index contributed by atoms with van der Waals surface area (Å²) in [5.41, 5.74) is 3.13. The zero-order chi connectivity index (χ0) is 16.1. The summed E-state index contributed by atoms with van der Waals surface area (Å²) in [4.78, 5) is 11.5. The number of aldehydes is 1. The van der Waals surface area contributed by atoms with Crippen LogP contribution in [-0.4, -0.2) is 10.9 Å². The third-order valence-corrected chi connectivity index (χ3v) is 4.68. The van der Waals surface area contributed by atoms with Gasteiger partial charge >= 0.3 is 0 Å². The third-order valence-electron chi connectivity index (χ3n) is 4.68. The van der Waals surface area contributed by atoms with Gasteiger partial charge in [0, 0.05) is 28.4 Å². The molecule has 0 amide bonds. The molecule has 0 aliphatic rings. The summed E-state index contributed by atoms with van der Waals surface area (Å²) in [6.07, 6.45) is 8.69. The molecule has 1 heterocycles. The molecule has 0 saturated heterocycles. The van der Waals surface area contributed by atoms with Crippen molar-refractivity contribution < 1.29 is 4.79 Å². The van der Waals surface area contributed by atoms with Crippen molar-refractivity contribution in [2.45, 2.75) is 52.0 Å². The summed E-state index contributed by atoms with van der Waals surface area (Å²) in [5, 5.41) is 2.44. The molecule has 2 heteroatoms. The summed E-state index contributed by atoms with van der Waals surface area (Å²) < 4.78 is 2.34. The fraction of sp³-hybridized carbons (Fsp3) is 0.381. The number of carbonyl (C=O) groups excluding carboxylic acids is 1. The molecule has 0 unspecified atom stereocenters. The van der Waals surface area contributed by atoms with Gasteiger partial charge in [-0.05, 0) is 18.6 Å². The molecule has 120 valence electrons. The highest BCUT2D eigenvalue weighted by atomic mass is 16.1. The Hall–Kier alpha value is -2.09. The van der Waals surface area contributed by atoms with Crippen LogP contribution in [-0.2, 0) is 6.54 Å². The molecule has 23 heavy (non-hydrogen) atoms. The number of hydrogen-bond acceptors (Lipinski definition) is 1. The van der Waals surface area contributed by atoms with E-state index in [0.717, 1.165) is 23.9 Å². The summed E-state index contributed by atoms with van der Waals surface area (Å²) >= 11 is 0. The van der Waals surface area contributed by atoms with E-state index in [9.17, 15) is 4.79 Å².